The van der Waals surface area contributed by atoms with Crippen molar-refractivity contribution in [3.05, 3.63) is 54.1 Å². The maximum Gasteiger partial charge on any atom is 0.159 e. The highest BCUT2D eigenvalue weighted by atomic mass is 16.3. The first-order valence-corrected chi connectivity index (χ1v) is 7.93. The van der Waals surface area contributed by atoms with Gasteiger partial charge in [-0.1, -0.05) is 30.9 Å². The summed E-state index contributed by atoms with van der Waals surface area (Å²) in [7, 11) is 2.09. The summed E-state index contributed by atoms with van der Waals surface area (Å²) in [6.07, 6.45) is 10.1. The molecule has 3 rings (SSSR count). The third kappa shape index (κ3) is 2.19. The molecule has 1 aromatic carbocycles. The highest BCUT2D eigenvalue weighted by molar-refractivity contribution is 5.99. The van der Waals surface area contributed by atoms with E-state index in [1.807, 2.05) is 13.0 Å². The molecule has 1 aromatic heterocycles. The predicted octanol–water partition coefficient (Wildman–Crippen LogP) is 5.38. The van der Waals surface area contributed by atoms with Gasteiger partial charge < -0.3 is 14.2 Å². The monoisotopic (exact) mass is 308 g/mol. The highest BCUT2D eigenvalue weighted by Crippen LogP contribution is 2.41. The van der Waals surface area contributed by atoms with Gasteiger partial charge in [0.05, 0.1) is 5.69 Å². The Morgan fingerprint density at radius 1 is 1.22 bits per heavy atom. The van der Waals surface area contributed by atoms with E-state index >= 15 is 0 Å². The molecule has 0 radical (unpaired) electrons. The first-order valence-electron chi connectivity index (χ1n) is 7.93. The lowest BCUT2D eigenvalue weighted by Crippen LogP contribution is -2.46. The lowest BCUT2D eigenvalue weighted by molar-refractivity contribution is 0.253. The quantitative estimate of drug-likeness (QED) is 0.759. The molecule has 0 N–H and O–H groups in total. The zero-order valence-electron chi connectivity index (χ0n) is 14.6. The number of rotatable bonds is 3. The van der Waals surface area contributed by atoms with E-state index in [0.717, 1.165) is 28.0 Å². The van der Waals surface area contributed by atoms with E-state index in [2.05, 4.69) is 74.8 Å². The summed E-state index contributed by atoms with van der Waals surface area (Å²) >= 11 is 0. The maximum atomic E-state index is 6.19. The van der Waals surface area contributed by atoms with Crippen LogP contribution in [0, 0.1) is 6.92 Å². The van der Waals surface area contributed by atoms with Crippen LogP contribution in [-0.4, -0.2) is 17.6 Å². The Balaban J connectivity index is 2.31. The Morgan fingerprint density at radius 3 is 2.52 bits per heavy atom. The van der Waals surface area contributed by atoms with Gasteiger partial charge >= 0.3 is 0 Å². The van der Waals surface area contributed by atoms with Crippen molar-refractivity contribution in [2.45, 2.75) is 33.4 Å². The number of nitrogens with zero attached hydrogens (tertiary/aromatic N) is 2. The number of benzene rings is 1. The van der Waals surface area contributed by atoms with E-state index in [1.54, 1.807) is 6.08 Å². The highest BCUT2D eigenvalue weighted by Gasteiger charge is 2.35. The zero-order valence-corrected chi connectivity index (χ0v) is 14.6. The molecule has 0 saturated carbocycles. The first-order chi connectivity index (χ1) is 10.9. The zero-order chi connectivity index (χ0) is 16.8. The molecule has 3 nitrogen and oxygen atoms in total. The van der Waals surface area contributed by atoms with E-state index in [1.165, 1.54) is 5.56 Å². The summed E-state index contributed by atoms with van der Waals surface area (Å²) in [5.74, 6) is 0.819. The van der Waals surface area contributed by atoms with Gasteiger partial charge in [-0.05, 0) is 39.3 Å². The van der Waals surface area contributed by atoms with Crippen LogP contribution in [0.2, 0.25) is 0 Å². The van der Waals surface area contributed by atoms with Crippen molar-refractivity contribution in [3.63, 3.8) is 0 Å². The Labute approximate surface area is 138 Å². The summed E-state index contributed by atoms with van der Waals surface area (Å²) < 4.78 is 6.19. The van der Waals surface area contributed by atoms with Crippen LogP contribution in [0.1, 0.15) is 37.7 Å². The van der Waals surface area contributed by atoms with Crippen molar-refractivity contribution in [1.82, 2.24) is 4.90 Å². The van der Waals surface area contributed by atoms with Crippen molar-refractivity contribution < 1.29 is 4.42 Å². The number of hydrogen-bond donors (Lipinski definition) is 0. The van der Waals surface area contributed by atoms with Crippen molar-refractivity contribution in [2.75, 3.05) is 11.9 Å². The molecule has 0 saturated heterocycles. The summed E-state index contributed by atoms with van der Waals surface area (Å²) in [5, 5.41) is 1.12. The van der Waals surface area contributed by atoms with Crippen LogP contribution in [0.4, 0.5) is 5.69 Å². The predicted molar refractivity (Wildman–Crippen MR) is 99.2 cm³/mol. The van der Waals surface area contributed by atoms with Crippen LogP contribution in [0.3, 0.4) is 0 Å². The molecule has 2 aromatic rings. The summed E-state index contributed by atoms with van der Waals surface area (Å²) in [5.41, 5.74) is 4.18. The molecular weight excluding hydrogens is 284 g/mol. The molecule has 0 atom stereocenters. The molecule has 0 fully saturated rings. The van der Waals surface area contributed by atoms with Gasteiger partial charge in [-0.3, -0.25) is 0 Å². The van der Waals surface area contributed by atoms with Crippen LogP contribution in [0.15, 0.2) is 41.6 Å². The fraction of sp³-hybridized carbons (Fsp3) is 0.300. The molecule has 0 bridgehead atoms. The molecule has 23 heavy (non-hydrogen) atoms. The number of furan rings is 1. The number of aryl methyl sites for hydroxylation is 1. The van der Waals surface area contributed by atoms with Gasteiger partial charge in [0.15, 0.2) is 5.58 Å². The lowest BCUT2D eigenvalue weighted by Gasteiger charge is -2.38. The molecule has 3 heteroatoms. The Morgan fingerprint density at radius 2 is 1.96 bits per heavy atom. The van der Waals surface area contributed by atoms with Crippen molar-refractivity contribution in [3.8, 4) is 0 Å². The molecular formula is C20H24N2O. The molecule has 120 valence electrons. The summed E-state index contributed by atoms with van der Waals surface area (Å²) in [6.45, 7) is 12.4. The molecule has 2 heterocycles. The van der Waals surface area contributed by atoms with Crippen LogP contribution in [0.5, 0.6) is 0 Å². The van der Waals surface area contributed by atoms with E-state index in [4.69, 9.17) is 4.42 Å². The average molecular weight is 308 g/mol. The van der Waals surface area contributed by atoms with Gasteiger partial charge in [-0.15, -0.1) is 0 Å². The normalized spacial score (nSPS) is 16.9. The number of fused-ring (bicyclic) bond motifs is 1. The third-order valence-electron chi connectivity index (χ3n) is 4.75. The van der Waals surface area contributed by atoms with E-state index in [-0.39, 0.29) is 5.66 Å². The second-order valence-electron chi connectivity index (χ2n) is 6.47. The summed E-state index contributed by atoms with van der Waals surface area (Å²) in [6, 6.07) is 4.30. The summed E-state index contributed by atoms with van der Waals surface area (Å²) in [4.78, 5) is 4.48. The minimum Gasteiger partial charge on any atom is -0.454 e. The minimum atomic E-state index is -0.138. The van der Waals surface area contributed by atoms with Crippen molar-refractivity contribution >= 4 is 28.8 Å². The fourth-order valence-corrected chi connectivity index (χ4v) is 3.12. The van der Waals surface area contributed by atoms with Crippen molar-refractivity contribution in [1.29, 1.82) is 0 Å². The van der Waals surface area contributed by atoms with Gasteiger partial charge in [0, 0.05) is 30.4 Å². The van der Waals surface area contributed by atoms with E-state index < -0.39 is 0 Å². The molecule has 1 aliphatic rings. The Kier molecular flexibility index (Phi) is 3.59. The van der Waals surface area contributed by atoms with Gasteiger partial charge in [0.25, 0.3) is 0 Å². The largest absolute Gasteiger partial charge is 0.454 e. The third-order valence-corrected chi connectivity index (χ3v) is 4.75. The van der Waals surface area contributed by atoms with E-state index in [0.29, 0.717) is 0 Å². The Hall–Kier alpha value is -2.42. The molecule has 0 amide bonds. The van der Waals surface area contributed by atoms with Crippen LogP contribution < -0.4 is 4.90 Å². The van der Waals surface area contributed by atoms with Gasteiger partial charge in [-0.25, -0.2) is 0 Å². The first kappa shape index (κ1) is 15.5. The lowest BCUT2D eigenvalue weighted by atomic mass is 10.0. The van der Waals surface area contributed by atoms with Gasteiger partial charge in [0.1, 0.15) is 11.4 Å². The molecule has 0 spiro atoms. The van der Waals surface area contributed by atoms with Crippen LogP contribution >= 0.6 is 0 Å². The second kappa shape index (κ2) is 5.34. The Bertz CT molecular complexity index is 824. The van der Waals surface area contributed by atoms with Crippen molar-refractivity contribution in [2.24, 2.45) is 0 Å². The molecule has 1 aliphatic heterocycles. The van der Waals surface area contributed by atoms with Crippen LogP contribution in [0.25, 0.3) is 23.1 Å². The number of hydrogen-bond acceptors (Lipinski definition) is 3. The topological polar surface area (TPSA) is 19.6 Å². The van der Waals surface area contributed by atoms with Gasteiger partial charge in [0.2, 0.25) is 0 Å². The maximum absolute atomic E-state index is 6.19. The smallest absolute Gasteiger partial charge is 0.159 e. The van der Waals surface area contributed by atoms with Gasteiger partial charge in [-0.2, -0.15) is 0 Å². The SMILES string of the molecule is C=Cc1oc2c(N3C=CN(C)C3(C)C)c(C)ccc2c1/C=C\C. The average Bonchev–Trinajstić information content (AvgIpc) is 2.99. The standard InChI is InChI=1S/C20H24N2O/c1-7-9-15-16-11-10-14(3)18(19(16)23-17(15)8-2)22-13-12-21(6)20(22,4)5/h7-13H,2H2,1,3-6H3/b9-7-. The minimum absolute atomic E-state index is 0.138. The molecule has 0 aliphatic carbocycles. The van der Waals surface area contributed by atoms with E-state index in [9.17, 15) is 0 Å². The van der Waals surface area contributed by atoms with Crippen LogP contribution in [-0.2, 0) is 0 Å². The molecule has 0 unspecified atom stereocenters. The number of anilines is 1. The second-order valence-corrected chi connectivity index (χ2v) is 6.47. The number of allylic oxidation sites excluding steroid dienone is 1. The fourth-order valence-electron chi connectivity index (χ4n) is 3.12.